The molecule has 0 radical (unpaired) electrons. The first-order valence-electron chi connectivity index (χ1n) is 9.51. The number of fused-ring (bicyclic) bond motifs is 2. The van der Waals surface area contributed by atoms with Crippen LogP contribution in [0, 0.1) is 11.7 Å². The molecule has 0 saturated carbocycles. The summed E-state index contributed by atoms with van der Waals surface area (Å²) in [4.78, 5) is 22.4. The van der Waals surface area contributed by atoms with Crippen LogP contribution in [0.15, 0.2) is 48.5 Å². The normalized spacial score (nSPS) is 11.4. The number of anilines is 1. The Morgan fingerprint density at radius 2 is 1.76 bits per heavy atom. The highest BCUT2D eigenvalue weighted by Gasteiger charge is 2.24. The van der Waals surface area contributed by atoms with E-state index in [-0.39, 0.29) is 18.3 Å². The summed E-state index contributed by atoms with van der Waals surface area (Å²) in [5, 5.41) is 2.86. The van der Waals surface area contributed by atoms with E-state index in [4.69, 9.17) is 10.7 Å². The molecule has 4 rings (SSSR count). The predicted octanol–water partition coefficient (Wildman–Crippen LogP) is 3.89. The number of nitrogens with two attached hydrogens (primary N) is 1. The van der Waals surface area contributed by atoms with Crippen molar-refractivity contribution in [2.75, 3.05) is 5.73 Å². The Balaban J connectivity index is 1.77. The molecule has 2 heterocycles. The van der Waals surface area contributed by atoms with Gasteiger partial charge in [-0.1, -0.05) is 38.1 Å². The lowest BCUT2D eigenvalue weighted by molar-refractivity contribution is 0.0953. The molecule has 0 unspecified atom stereocenters. The third-order valence-corrected chi connectivity index (χ3v) is 4.73. The fourth-order valence-electron chi connectivity index (χ4n) is 3.36. The van der Waals surface area contributed by atoms with Crippen molar-refractivity contribution in [2.45, 2.75) is 26.9 Å². The number of hydrogen-bond acceptors (Lipinski definition) is 4. The third-order valence-electron chi connectivity index (χ3n) is 4.73. The molecule has 148 valence electrons. The van der Waals surface area contributed by atoms with Crippen molar-refractivity contribution in [3.05, 3.63) is 65.5 Å². The van der Waals surface area contributed by atoms with Crippen molar-refractivity contribution in [1.29, 1.82) is 0 Å². The highest BCUT2D eigenvalue weighted by molar-refractivity contribution is 6.10. The smallest absolute Gasteiger partial charge is 0.257 e. The molecule has 1 amide bonds. The zero-order valence-corrected chi connectivity index (χ0v) is 16.3. The zero-order valence-electron chi connectivity index (χ0n) is 16.3. The summed E-state index contributed by atoms with van der Waals surface area (Å²) in [6.07, 6.45) is 0. The lowest BCUT2D eigenvalue weighted by atomic mass is 10.2. The Labute approximate surface area is 167 Å². The van der Waals surface area contributed by atoms with E-state index in [9.17, 15) is 9.18 Å². The van der Waals surface area contributed by atoms with Gasteiger partial charge in [0.25, 0.3) is 5.91 Å². The molecular formula is C22H22FN5O. The number of nitrogens with one attached hydrogen (secondary N) is 1. The minimum atomic E-state index is -0.330. The van der Waals surface area contributed by atoms with Crippen LogP contribution in [0.25, 0.3) is 22.2 Å². The lowest BCUT2D eigenvalue weighted by Crippen LogP contribution is -2.24. The second kappa shape index (κ2) is 7.50. The topological polar surface area (TPSA) is 85.8 Å². The minimum absolute atomic E-state index is 0.260. The number of nitrogens with zero attached hydrogens (tertiary/aromatic N) is 3. The number of amides is 1. The van der Waals surface area contributed by atoms with Gasteiger partial charge in [0.1, 0.15) is 22.7 Å². The zero-order chi connectivity index (χ0) is 20.5. The van der Waals surface area contributed by atoms with Gasteiger partial charge in [-0.2, -0.15) is 0 Å². The van der Waals surface area contributed by atoms with Gasteiger partial charge in [-0.15, -0.1) is 0 Å². The summed E-state index contributed by atoms with van der Waals surface area (Å²) in [7, 11) is 0. The summed E-state index contributed by atoms with van der Waals surface area (Å²) >= 11 is 0. The van der Waals surface area contributed by atoms with Crippen molar-refractivity contribution >= 4 is 33.9 Å². The summed E-state index contributed by atoms with van der Waals surface area (Å²) in [5.74, 6) is 0.0176. The first-order valence-corrected chi connectivity index (χ1v) is 9.51. The Bertz CT molecular complexity index is 1200. The molecule has 6 nitrogen and oxygen atoms in total. The van der Waals surface area contributed by atoms with E-state index in [2.05, 4.69) is 24.1 Å². The average Bonchev–Trinajstić information content (AvgIpc) is 2.96. The summed E-state index contributed by atoms with van der Waals surface area (Å²) in [6.45, 7) is 5.04. The van der Waals surface area contributed by atoms with E-state index < -0.39 is 0 Å². The van der Waals surface area contributed by atoms with Crippen LogP contribution in [0.4, 0.5) is 10.2 Å². The third kappa shape index (κ3) is 3.63. The Kier molecular flexibility index (Phi) is 4.88. The predicted molar refractivity (Wildman–Crippen MR) is 112 cm³/mol. The number of nitrogen functional groups attached to an aromatic ring is 1. The van der Waals surface area contributed by atoms with E-state index in [1.165, 1.54) is 12.1 Å². The van der Waals surface area contributed by atoms with Gasteiger partial charge < -0.3 is 15.6 Å². The Morgan fingerprint density at radius 1 is 1.10 bits per heavy atom. The summed E-state index contributed by atoms with van der Waals surface area (Å²) < 4.78 is 14.9. The summed E-state index contributed by atoms with van der Waals surface area (Å²) in [5.41, 5.74) is 10.0. The van der Waals surface area contributed by atoms with Crippen molar-refractivity contribution in [2.24, 2.45) is 5.92 Å². The van der Waals surface area contributed by atoms with Crippen LogP contribution in [0.1, 0.15) is 29.8 Å². The summed E-state index contributed by atoms with van der Waals surface area (Å²) in [6, 6.07) is 13.5. The molecule has 0 fully saturated rings. The van der Waals surface area contributed by atoms with Crippen LogP contribution in [0.3, 0.4) is 0 Å². The first-order chi connectivity index (χ1) is 13.9. The quantitative estimate of drug-likeness (QED) is 0.540. The van der Waals surface area contributed by atoms with Gasteiger partial charge in [-0.05, 0) is 35.7 Å². The fraction of sp³-hybridized carbons (Fsp3) is 0.227. The van der Waals surface area contributed by atoms with E-state index in [1.807, 2.05) is 28.8 Å². The largest absolute Gasteiger partial charge is 0.384 e. The Morgan fingerprint density at radius 3 is 2.41 bits per heavy atom. The van der Waals surface area contributed by atoms with Crippen LogP contribution in [-0.2, 0) is 13.1 Å². The molecule has 0 aliphatic rings. The molecule has 0 bridgehead atoms. The van der Waals surface area contributed by atoms with Crippen LogP contribution < -0.4 is 11.1 Å². The van der Waals surface area contributed by atoms with Crippen LogP contribution >= 0.6 is 0 Å². The van der Waals surface area contributed by atoms with Crippen molar-refractivity contribution in [3.63, 3.8) is 0 Å². The molecule has 4 aromatic rings. The molecule has 0 saturated heterocycles. The molecule has 0 aliphatic carbocycles. The number of rotatable bonds is 5. The number of aromatic nitrogens is 3. The van der Waals surface area contributed by atoms with Gasteiger partial charge in [0.15, 0.2) is 5.65 Å². The van der Waals surface area contributed by atoms with Crippen LogP contribution in [0.2, 0.25) is 0 Å². The molecule has 3 N–H and O–H groups in total. The second-order valence-electron chi connectivity index (χ2n) is 7.46. The van der Waals surface area contributed by atoms with Gasteiger partial charge in [-0.3, -0.25) is 4.79 Å². The number of halogens is 1. The number of carbonyl (C=O) groups excluding carboxylic acids is 1. The number of carbonyl (C=O) groups is 1. The highest BCUT2D eigenvalue weighted by atomic mass is 19.1. The Hall–Kier alpha value is -3.48. The number of para-hydroxylation sites is 2. The van der Waals surface area contributed by atoms with E-state index >= 15 is 0 Å². The monoisotopic (exact) mass is 391 g/mol. The molecule has 7 heteroatoms. The van der Waals surface area contributed by atoms with Crippen LogP contribution in [-0.4, -0.2) is 20.4 Å². The van der Waals surface area contributed by atoms with Crippen LogP contribution in [0.5, 0.6) is 0 Å². The van der Waals surface area contributed by atoms with Gasteiger partial charge in [-0.25, -0.2) is 14.4 Å². The second-order valence-corrected chi connectivity index (χ2v) is 7.46. The molecule has 0 spiro atoms. The van der Waals surface area contributed by atoms with E-state index in [0.717, 1.165) is 11.1 Å². The number of benzene rings is 2. The van der Waals surface area contributed by atoms with Crippen molar-refractivity contribution in [1.82, 2.24) is 19.9 Å². The van der Waals surface area contributed by atoms with Gasteiger partial charge in [0.05, 0.1) is 11.0 Å². The fourth-order valence-corrected chi connectivity index (χ4v) is 3.36. The molecule has 0 atom stereocenters. The van der Waals surface area contributed by atoms with Crippen molar-refractivity contribution < 1.29 is 9.18 Å². The van der Waals surface area contributed by atoms with E-state index in [1.54, 1.807) is 12.1 Å². The maximum absolute atomic E-state index is 13.1. The molecular weight excluding hydrogens is 369 g/mol. The lowest BCUT2D eigenvalue weighted by Gasteiger charge is -2.10. The van der Waals surface area contributed by atoms with Gasteiger partial charge in [0, 0.05) is 13.1 Å². The van der Waals surface area contributed by atoms with Crippen molar-refractivity contribution in [3.8, 4) is 0 Å². The van der Waals surface area contributed by atoms with Gasteiger partial charge >= 0.3 is 0 Å². The molecule has 2 aromatic carbocycles. The SMILES string of the molecule is CC(C)Cn1c(N)c(C(=O)NCc2ccc(F)cc2)c2nc3ccccc3nc21. The average molecular weight is 391 g/mol. The maximum Gasteiger partial charge on any atom is 0.257 e. The van der Waals surface area contributed by atoms with Gasteiger partial charge in [0.2, 0.25) is 0 Å². The molecule has 2 aromatic heterocycles. The molecule has 29 heavy (non-hydrogen) atoms. The minimum Gasteiger partial charge on any atom is -0.384 e. The number of hydrogen-bond donors (Lipinski definition) is 2. The first kappa shape index (κ1) is 18.9. The standard InChI is InChI=1S/C22H22FN5O/c1-13(2)12-28-20(24)18(22(29)25-11-14-7-9-15(23)10-8-14)19-21(28)27-17-6-4-3-5-16(17)26-19/h3-10,13H,11-12,24H2,1-2H3,(H,25,29). The highest BCUT2D eigenvalue weighted by Crippen LogP contribution is 2.28. The van der Waals surface area contributed by atoms with E-state index in [0.29, 0.717) is 40.5 Å². The molecule has 0 aliphatic heterocycles. The maximum atomic E-state index is 13.1.